The Morgan fingerprint density at radius 3 is 2.26 bits per heavy atom. The van der Waals surface area contributed by atoms with Crippen molar-refractivity contribution in [1.82, 2.24) is 13.7 Å². The lowest BCUT2D eigenvalue weighted by molar-refractivity contribution is 0.229. The molecule has 0 fully saturated rings. The van der Waals surface area contributed by atoms with Crippen LogP contribution in [0.25, 0.3) is 27.8 Å². The van der Waals surface area contributed by atoms with Crippen LogP contribution in [0.4, 0.5) is 4.39 Å². The summed E-state index contributed by atoms with van der Waals surface area (Å²) in [5.74, 6) is 0.275. The minimum absolute atomic E-state index is 0.355. The van der Waals surface area contributed by atoms with Crippen LogP contribution in [-0.2, 0) is 14.1 Å². The largest absolute Gasteiger partial charge is 0.477 e. The Hall–Kier alpha value is -4.39. The lowest BCUT2D eigenvalue weighted by Crippen LogP contribution is -2.37. The van der Waals surface area contributed by atoms with Crippen LogP contribution in [0.2, 0.25) is 0 Å². The summed E-state index contributed by atoms with van der Waals surface area (Å²) < 4.78 is 24.9. The summed E-state index contributed by atoms with van der Waals surface area (Å²) in [6.45, 7) is 2.01. The number of para-hydroxylation sites is 2. The summed E-state index contributed by atoms with van der Waals surface area (Å²) >= 11 is 0. The zero-order valence-corrected chi connectivity index (χ0v) is 19.4. The third-order valence-electron chi connectivity index (χ3n) is 6.71. The Balaban J connectivity index is 1.85. The van der Waals surface area contributed by atoms with Gasteiger partial charge in [0.1, 0.15) is 11.6 Å². The average molecular weight is 468 g/mol. The summed E-state index contributed by atoms with van der Waals surface area (Å²) in [5, 5.41) is 0.431. The molecule has 0 saturated carbocycles. The lowest BCUT2D eigenvalue weighted by atomic mass is 10.0. The van der Waals surface area contributed by atoms with Crippen molar-refractivity contribution in [3.63, 3.8) is 0 Å². The Bertz CT molecular complexity index is 1740. The second kappa shape index (κ2) is 7.56. The molecule has 0 amide bonds. The van der Waals surface area contributed by atoms with Gasteiger partial charge in [0.25, 0.3) is 5.56 Å². The molecule has 2 aromatic heterocycles. The van der Waals surface area contributed by atoms with E-state index in [1.54, 1.807) is 19.2 Å². The topological polar surface area (TPSA) is 58.2 Å². The van der Waals surface area contributed by atoms with Crippen molar-refractivity contribution in [2.45, 2.75) is 13.0 Å². The second-order valence-electron chi connectivity index (χ2n) is 8.88. The number of rotatable bonds is 2. The first kappa shape index (κ1) is 21.2. The fraction of sp³-hybridized carbons (Fsp3) is 0.143. The van der Waals surface area contributed by atoms with Gasteiger partial charge >= 0.3 is 5.69 Å². The Morgan fingerprint density at radius 2 is 1.54 bits per heavy atom. The van der Waals surface area contributed by atoms with Gasteiger partial charge in [0.15, 0.2) is 6.10 Å². The van der Waals surface area contributed by atoms with Gasteiger partial charge in [-0.3, -0.25) is 13.9 Å². The van der Waals surface area contributed by atoms with Gasteiger partial charge in [-0.1, -0.05) is 54.1 Å². The van der Waals surface area contributed by atoms with Gasteiger partial charge in [0.05, 0.1) is 28.0 Å². The maximum atomic E-state index is 13.8. The molecule has 35 heavy (non-hydrogen) atoms. The molecule has 7 heteroatoms. The zero-order chi connectivity index (χ0) is 24.4. The average Bonchev–Trinajstić information content (AvgIpc) is 3.23. The second-order valence-corrected chi connectivity index (χ2v) is 8.88. The molecule has 5 aromatic rings. The molecule has 3 heterocycles. The third kappa shape index (κ3) is 3.01. The lowest BCUT2D eigenvalue weighted by Gasteiger charge is -2.30. The predicted molar refractivity (Wildman–Crippen MR) is 133 cm³/mol. The number of fused-ring (bicyclic) bond motifs is 5. The van der Waals surface area contributed by atoms with E-state index in [-0.39, 0.29) is 11.4 Å². The highest BCUT2D eigenvalue weighted by molar-refractivity contribution is 5.98. The van der Waals surface area contributed by atoms with Crippen molar-refractivity contribution in [3.8, 4) is 22.7 Å². The van der Waals surface area contributed by atoms with Crippen LogP contribution in [0.1, 0.15) is 22.9 Å². The van der Waals surface area contributed by atoms with Crippen molar-refractivity contribution < 1.29 is 9.13 Å². The van der Waals surface area contributed by atoms with Gasteiger partial charge in [0.2, 0.25) is 0 Å². The van der Waals surface area contributed by atoms with E-state index in [2.05, 4.69) is 0 Å². The Kier molecular flexibility index (Phi) is 4.57. The van der Waals surface area contributed by atoms with Crippen molar-refractivity contribution in [3.05, 3.63) is 116 Å². The number of benzene rings is 3. The number of hydrogen-bond acceptors (Lipinski definition) is 3. The molecule has 6 nitrogen and oxygen atoms in total. The van der Waals surface area contributed by atoms with E-state index < -0.39 is 11.8 Å². The van der Waals surface area contributed by atoms with Gasteiger partial charge in [-0.2, -0.15) is 0 Å². The standard InChI is InChI=1S/C28H22FN3O3/c1-16-8-10-17(11-9-16)23-22-24(30(2)28(34)31(3)27(22)33)25-26(18-12-14-19(29)15-13-18)35-21-7-5-4-6-20(21)32(23)25/h4-15,26H,1-3H3/t26-/m0/s1. The van der Waals surface area contributed by atoms with Crippen LogP contribution in [0.15, 0.2) is 82.4 Å². The van der Waals surface area contributed by atoms with E-state index in [1.165, 1.54) is 23.7 Å². The van der Waals surface area contributed by atoms with Crippen molar-refractivity contribution >= 4 is 10.9 Å². The number of ether oxygens (including phenoxy) is 1. The number of hydrogen-bond donors (Lipinski definition) is 0. The normalized spacial score (nSPS) is 14.5. The highest BCUT2D eigenvalue weighted by atomic mass is 19.1. The minimum atomic E-state index is -0.662. The van der Waals surface area contributed by atoms with Crippen LogP contribution in [-0.4, -0.2) is 13.7 Å². The van der Waals surface area contributed by atoms with E-state index in [4.69, 9.17) is 4.74 Å². The van der Waals surface area contributed by atoms with Gasteiger partial charge in [-0.05, 0) is 42.3 Å². The molecule has 1 aliphatic rings. The number of halogens is 1. The van der Waals surface area contributed by atoms with Crippen LogP contribution in [0, 0.1) is 12.7 Å². The summed E-state index contributed by atoms with van der Waals surface area (Å²) in [6.07, 6.45) is -0.662. The van der Waals surface area contributed by atoms with E-state index in [9.17, 15) is 14.0 Å². The van der Waals surface area contributed by atoms with E-state index in [1.807, 2.05) is 60.0 Å². The molecule has 3 aromatic carbocycles. The molecule has 6 rings (SSSR count). The highest BCUT2D eigenvalue weighted by Gasteiger charge is 2.36. The monoisotopic (exact) mass is 467 g/mol. The van der Waals surface area contributed by atoms with Gasteiger partial charge in [0, 0.05) is 14.1 Å². The first-order valence-corrected chi connectivity index (χ1v) is 11.3. The minimum Gasteiger partial charge on any atom is -0.477 e. The third-order valence-corrected chi connectivity index (χ3v) is 6.71. The fourth-order valence-corrected chi connectivity index (χ4v) is 4.96. The predicted octanol–water partition coefficient (Wildman–Crippen LogP) is 4.62. The van der Waals surface area contributed by atoms with Crippen molar-refractivity contribution in [2.75, 3.05) is 0 Å². The molecule has 0 bridgehead atoms. The fourth-order valence-electron chi connectivity index (χ4n) is 4.96. The van der Waals surface area contributed by atoms with Crippen molar-refractivity contribution in [1.29, 1.82) is 0 Å². The molecule has 1 atom stereocenters. The Labute approximate surface area is 200 Å². The van der Waals surface area contributed by atoms with Gasteiger partial charge < -0.3 is 9.30 Å². The maximum absolute atomic E-state index is 13.8. The van der Waals surface area contributed by atoms with E-state index in [0.29, 0.717) is 33.6 Å². The molecule has 174 valence electrons. The van der Waals surface area contributed by atoms with Gasteiger partial charge in [-0.25, -0.2) is 9.18 Å². The number of aryl methyl sites for hydroxylation is 2. The SMILES string of the molecule is Cc1ccc(-c2c3c(=O)n(C)c(=O)n(C)c3c3n2-c2ccccc2O[C@H]3c2ccc(F)cc2)cc1. The molecule has 0 aliphatic carbocycles. The first-order chi connectivity index (χ1) is 16.9. The molecule has 0 unspecified atom stereocenters. The van der Waals surface area contributed by atoms with E-state index >= 15 is 0 Å². The molecule has 1 aliphatic heterocycles. The summed E-state index contributed by atoms with van der Waals surface area (Å²) in [4.78, 5) is 26.7. The summed E-state index contributed by atoms with van der Waals surface area (Å²) in [6, 6.07) is 21.6. The first-order valence-electron chi connectivity index (χ1n) is 11.3. The summed E-state index contributed by atoms with van der Waals surface area (Å²) in [7, 11) is 3.15. The molecule has 0 N–H and O–H groups in total. The maximum Gasteiger partial charge on any atom is 0.331 e. The van der Waals surface area contributed by atoms with Crippen molar-refractivity contribution in [2.24, 2.45) is 14.1 Å². The molecular weight excluding hydrogens is 445 g/mol. The molecule has 0 radical (unpaired) electrons. The Morgan fingerprint density at radius 1 is 0.857 bits per heavy atom. The zero-order valence-electron chi connectivity index (χ0n) is 19.4. The van der Waals surface area contributed by atoms with Gasteiger partial charge in [-0.15, -0.1) is 0 Å². The van der Waals surface area contributed by atoms with Crippen LogP contribution >= 0.6 is 0 Å². The summed E-state index contributed by atoms with van der Waals surface area (Å²) in [5.41, 5.74) is 4.45. The smallest absolute Gasteiger partial charge is 0.331 e. The number of aromatic nitrogens is 3. The highest BCUT2D eigenvalue weighted by Crippen LogP contribution is 2.46. The quantitative estimate of drug-likeness (QED) is 0.381. The van der Waals surface area contributed by atoms with Crippen LogP contribution in [0.5, 0.6) is 5.75 Å². The molecular formula is C28H22FN3O3. The molecule has 0 saturated heterocycles. The van der Waals surface area contributed by atoms with Crippen LogP contribution < -0.4 is 16.0 Å². The molecule has 0 spiro atoms. The number of nitrogens with zero attached hydrogens (tertiary/aromatic N) is 3. The van der Waals surface area contributed by atoms with Crippen LogP contribution in [0.3, 0.4) is 0 Å². The van der Waals surface area contributed by atoms with E-state index in [0.717, 1.165) is 21.4 Å².